The monoisotopic (exact) mass is 348 g/mol. The second-order valence-corrected chi connectivity index (χ2v) is 5.30. The summed E-state index contributed by atoms with van der Waals surface area (Å²) in [5.74, 6) is -0.320. The number of carbonyl (C=O) groups excluding carboxylic acids is 2. The summed E-state index contributed by atoms with van der Waals surface area (Å²) in [4.78, 5) is 32.0. The van der Waals surface area contributed by atoms with Gasteiger partial charge in [0.2, 0.25) is 0 Å². The molecule has 1 aromatic heterocycles. The maximum Gasteiger partial charge on any atom is 0.337 e. The maximum absolute atomic E-state index is 12.2. The lowest BCUT2D eigenvalue weighted by atomic mass is 10.2. The summed E-state index contributed by atoms with van der Waals surface area (Å²) in [7, 11) is 1.33. The number of hydrogen-bond acceptors (Lipinski definition) is 6. The van der Waals surface area contributed by atoms with Gasteiger partial charge >= 0.3 is 5.97 Å². The van der Waals surface area contributed by atoms with Gasteiger partial charge in [-0.15, -0.1) is 0 Å². The number of esters is 1. The maximum atomic E-state index is 12.2. The molecule has 0 aliphatic heterocycles. The Morgan fingerprint density at radius 3 is 2.38 bits per heavy atom. The van der Waals surface area contributed by atoms with Crippen molar-refractivity contribution in [2.75, 3.05) is 17.7 Å². The van der Waals surface area contributed by atoms with E-state index in [1.54, 1.807) is 36.4 Å². The molecule has 2 N–H and O–H groups in total. The van der Waals surface area contributed by atoms with Gasteiger partial charge in [0.25, 0.3) is 5.91 Å². The Balaban J connectivity index is 1.68. The van der Waals surface area contributed by atoms with Crippen LogP contribution >= 0.6 is 0 Å². The molecular weight excluding hydrogens is 332 g/mol. The normalized spacial score (nSPS) is 10.0. The molecule has 2 aromatic carbocycles. The summed E-state index contributed by atoms with van der Waals surface area (Å²) >= 11 is 0. The minimum Gasteiger partial charge on any atom is -0.465 e. The van der Waals surface area contributed by atoms with Gasteiger partial charge in [0.15, 0.2) is 0 Å². The van der Waals surface area contributed by atoms with E-state index in [2.05, 4.69) is 20.6 Å². The highest BCUT2D eigenvalue weighted by atomic mass is 16.5. The SMILES string of the molecule is COC(=O)c1cccc(Nc2cnc(C(=O)Nc3ccccc3)cn2)c1. The van der Waals surface area contributed by atoms with Crippen LogP contribution in [0.5, 0.6) is 0 Å². The van der Waals surface area contributed by atoms with Gasteiger partial charge in [-0.1, -0.05) is 24.3 Å². The van der Waals surface area contributed by atoms with E-state index in [9.17, 15) is 9.59 Å². The van der Waals surface area contributed by atoms with E-state index in [4.69, 9.17) is 4.74 Å². The summed E-state index contributed by atoms with van der Waals surface area (Å²) in [6.45, 7) is 0. The molecule has 26 heavy (non-hydrogen) atoms. The van der Waals surface area contributed by atoms with E-state index in [1.165, 1.54) is 19.5 Å². The number of rotatable bonds is 5. The molecule has 7 nitrogen and oxygen atoms in total. The molecule has 0 atom stereocenters. The standard InChI is InChI=1S/C19H16N4O3/c1-26-19(25)13-6-5-9-15(10-13)22-17-12-20-16(11-21-17)18(24)23-14-7-3-2-4-8-14/h2-12H,1H3,(H,21,22)(H,23,24). The van der Waals surface area contributed by atoms with E-state index in [0.717, 1.165) is 0 Å². The Hall–Kier alpha value is -3.74. The first kappa shape index (κ1) is 17.1. The van der Waals surface area contributed by atoms with Gasteiger partial charge in [0, 0.05) is 11.4 Å². The van der Waals surface area contributed by atoms with Gasteiger partial charge in [-0.25, -0.2) is 14.8 Å². The molecule has 1 heterocycles. The Morgan fingerprint density at radius 1 is 0.923 bits per heavy atom. The average molecular weight is 348 g/mol. The molecule has 0 bridgehead atoms. The van der Waals surface area contributed by atoms with E-state index >= 15 is 0 Å². The first-order valence-corrected chi connectivity index (χ1v) is 7.79. The molecule has 0 radical (unpaired) electrons. The summed E-state index contributed by atoms with van der Waals surface area (Å²) in [5, 5.41) is 5.77. The van der Waals surface area contributed by atoms with Gasteiger partial charge in [-0.05, 0) is 30.3 Å². The Labute approximate surface area is 150 Å². The fourth-order valence-corrected chi connectivity index (χ4v) is 2.22. The van der Waals surface area contributed by atoms with E-state index < -0.39 is 5.97 Å². The van der Waals surface area contributed by atoms with Gasteiger partial charge in [0.1, 0.15) is 11.5 Å². The zero-order valence-electron chi connectivity index (χ0n) is 14.0. The third-order valence-electron chi connectivity index (χ3n) is 3.47. The number of amides is 1. The number of hydrogen-bond donors (Lipinski definition) is 2. The van der Waals surface area contributed by atoms with Crippen molar-refractivity contribution in [2.45, 2.75) is 0 Å². The molecule has 0 unspecified atom stereocenters. The van der Waals surface area contributed by atoms with E-state index in [-0.39, 0.29) is 11.6 Å². The largest absolute Gasteiger partial charge is 0.465 e. The predicted octanol–water partition coefficient (Wildman–Crippen LogP) is 3.26. The van der Waals surface area contributed by atoms with Crippen molar-refractivity contribution in [2.24, 2.45) is 0 Å². The third kappa shape index (κ3) is 4.21. The van der Waals surface area contributed by atoms with Gasteiger partial charge in [-0.2, -0.15) is 0 Å². The molecule has 3 aromatic rings. The molecule has 1 amide bonds. The van der Waals surface area contributed by atoms with Crippen LogP contribution in [0.3, 0.4) is 0 Å². The third-order valence-corrected chi connectivity index (χ3v) is 3.47. The van der Waals surface area contributed by atoms with E-state index in [1.807, 2.05) is 18.2 Å². The van der Waals surface area contributed by atoms with Crippen LogP contribution in [0.15, 0.2) is 67.0 Å². The Bertz CT molecular complexity index is 912. The van der Waals surface area contributed by atoms with Crippen LogP contribution in [0.2, 0.25) is 0 Å². The number of methoxy groups -OCH3 is 1. The number of aromatic nitrogens is 2. The molecule has 0 spiro atoms. The van der Waals surface area contributed by atoms with E-state index in [0.29, 0.717) is 22.8 Å². The van der Waals surface area contributed by atoms with Crippen molar-refractivity contribution in [1.82, 2.24) is 9.97 Å². The molecule has 3 rings (SSSR count). The first-order chi connectivity index (χ1) is 12.7. The summed E-state index contributed by atoms with van der Waals surface area (Å²) in [6, 6.07) is 15.9. The molecular formula is C19H16N4O3. The Kier molecular flexibility index (Phi) is 5.19. The average Bonchev–Trinajstić information content (AvgIpc) is 2.69. The van der Waals surface area contributed by atoms with Crippen molar-refractivity contribution >= 4 is 29.1 Å². The lowest BCUT2D eigenvalue weighted by molar-refractivity contribution is 0.0600. The highest BCUT2D eigenvalue weighted by Crippen LogP contribution is 2.16. The topological polar surface area (TPSA) is 93.2 Å². The quantitative estimate of drug-likeness (QED) is 0.688. The minimum atomic E-state index is -0.423. The summed E-state index contributed by atoms with van der Waals surface area (Å²) in [6.07, 6.45) is 2.83. The van der Waals surface area contributed by atoms with Crippen LogP contribution < -0.4 is 10.6 Å². The smallest absolute Gasteiger partial charge is 0.337 e. The van der Waals surface area contributed by atoms with Crippen LogP contribution in [0.25, 0.3) is 0 Å². The van der Waals surface area contributed by atoms with Crippen LogP contribution in [0.1, 0.15) is 20.8 Å². The van der Waals surface area contributed by atoms with Crippen molar-refractivity contribution in [3.05, 3.63) is 78.2 Å². The number of ether oxygens (including phenoxy) is 1. The minimum absolute atomic E-state index is 0.197. The second kappa shape index (κ2) is 7.89. The van der Waals surface area contributed by atoms with Crippen molar-refractivity contribution in [3.8, 4) is 0 Å². The molecule has 130 valence electrons. The van der Waals surface area contributed by atoms with Gasteiger partial charge in [0.05, 0.1) is 25.1 Å². The molecule has 0 saturated carbocycles. The summed E-state index contributed by atoms with van der Waals surface area (Å²) < 4.78 is 4.69. The zero-order valence-corrected chi connectivity index (χ0v) is 14.0. The first-order valence-electron chi connectivity index (χ1n) is 7.79. The second-order valence-electron chi connectivity index (χ2n) is 5.30. The van der Waals surface area contributed by atoms with Crippen LogP contribution in [0.4, 0.5) is 17.2 Å². The fraction of sp³-hybridized carbons (Fsp3) is 0.0526. The number of benzene rings is 2. The number of nitrogens with zero attached hydrogens (tertiary/aromatic N) is 2. The highest BCUT2D eigenvalue weighted by Gasteiger charge is 2.09. The predicted molar refractivity (Wildman–Crippen MR) is 97.5 cm³/mol. The lowest BCUT2D eigenvalue weighted by Crippen LogP contribution is -2.14. The van der Waals surface area contributed by atoms with Gasteiger partial charge in [-0.3, -0.25) is 4.79 Å². The number of para-hydroxylation sites is 1. The number of carbonyl (C=O) groups is 2. The fourth-order valence-electron chi connectivity index (χ4n) is 2.22. The van der Waals surface area contributed by atoms with Crippen LogP contribution in [-0.2, 0) is 4.74 Å². The molecule has 0 aliphatic rings. The van der Waals surface area contributed by atoms with Crippen LogP contribution in [-0.4, -0.2) is 29.0 Å². The molecule has 0 aliphatic carbocycles. The summed E-state index contributed by atoms with van der Waals surface area (Å²) in [5.41, 5.74) is 1.96. The number of nitrogens with one attached hydrogen (secondary N) is 2. The molecule has 7 heteroatoms. The lowest BCUT2D eigenvalue weighted by Gasteiger charge is -2.08. The van der Waals surface area contributed by atoms with Gasteiger partial charge < -0.3 is 15.4 Å². The molecule has 0 saturated heterocycles. The van der Waals surface area contributed by atoms with Crippen LogP contribution in [0, 0.1) is 0 Å². The molecule has 0 fully saturated rings. The van der Waals surface area contributed by atoms with Crippen molar-refractivity contribution in [3.63, 3.8) is 0 Å². The van der Waals surface area contributed by atoms with Crippen molar-refractivity contribution < 1.29 is 14.3 Å². The Morgan fingerprint density at radius 2 is 1.69 bits per heavy atom. The van der Waals surface area contributed by atoms with Crippen molar-refractivity contribution in [1.29, 1.82) is 0 Å². The highest BCUT2D eigenvalue weighted by molar-refractivity contribution is 6.02. The number of anilines is 3. The zero-order chi connectivity index (χ0) is 18.4.